The van der Waals surface area contributed by atoms with Gasteiger partial charge in [-0.2, -0.15) is 0 Å². The molecule has 3 aromatic rings. The van der Waals surface area contributed by atoms with E-state index in [9.17, 15) is 9.18 Å². The molecule has 5 nitrogen and oxygen atoms in total. The van der Waals surface area contributed by atoms with E-state index in [1.165, 1.54) is 18.2 Å². The van der Waals surface area contributed by atoms with E-state index in [2.05, 4.69) is 4.90 Å². The van der Waals surface area contributed by atoms with Gasteiger partial charge < -0.3 is 14.1 Å². The highest BCUT2D eigenvalue weighted by Crippen LogP contribution is 2.26. The number of carbonyl (C=O) groups is 1. The number of hydrogen-bond donors (Lipinski definition) is 0. The number of hydrogen-bond acceptors (Lipinski definition) is 4. The number of halogens is 3. The van der Waals surface area contributed by atoms with E-state index >= 15 is 0 Å². The van der Waals surface area contributed by atoms with Gasteiger partial charge >= 0.3 is 0 Å². The second-order valence-electron chi connectivity index (χ2n) is 7.29. The van der Waals surface area contributed by atoms with Crippen molar-refractivity contribution in [3.8, 4) is 5.75 Å². The standard InChI is InChI=1S/C23H21Cl2FN2O3/c24-19-4-2-1-3-16(19)14-27-9-11-28(12-10-27)23(29)22-8-6-18(31-22)15-30-21-7-5-17(26)13-20(21)25/h1-8,13H,9-12,14-15H2. The van der Waals surface area contributed by atoms with Gasteiger partial charge in [-0.25, -0.2) is 4.39 Å². The maximum atomic E-state index is 13.1. The molecule has 0 aliphatic carbocycles. The molecule has 2 heterocycles. The first-order chi connectivity index (χ1) is 15.0. The Morgan fingerprint density at radius 3 is 2.52 bits per heavy atom. The Labute approximate surface area is 189 Å². The van der Waals surface area contributed by atoms with E-state index < -0.39 is 5.82 Å². The van der Waals surface area contributed by atoms with Gasteiger partial charge in [0.1, 0.15) is 23.9 Å². The Hall–Kier alpha value is -2.54. The van der Waals surface area contributed by atoms with Gasteiger partial charge in [-0.15, -0.1) is 0 Å². The minimum Gasteiger partial charge on any atom is -0.484 e. The lowest BCUT2D eigenvalue weighted by Crippen LogP contribution is -2.48. The van der Waals surface area contributed by atoms with Crippen molar-refractivity contribution < 1.29 is 18.3 Å². The van der Waals surface area contributed by atoms with Gasteiger partial charge in [-0.3, -0.25) is 9.69 Å². The molecular formula is C23H21Cl2FN2O3. The van der Waals surface area contributed by atoms with E-state index in [0.717, 1.165) is 30.2 Å². The zero-order valence-electron chi connectivity index (χ0n) is 16.7. The fourth-order valence-corrected chi connectivity index (χ4v) is 3.86. The Morgan fingerprint density at radius 2 is 1.77 bits per heavy atom. The third-order valence-corrected chi connectivity index (χ3v) is 5.81. The lowest BCUT2D eigenvalue weighted by atomic mass is 10.2. The van der Waals surface area contributed by atoms with Gasteiger partial charge in [-0.05, 0) is 42.0 Å². The fourth-order valence-electron chi connectivity index (χ4n) is 3.44. The first-order valence-corrected chi connectivity index (χ1v) is 10.7. The number of amides is 1. The second kappa shape index (κ2) is 9.73. The van der Waals surface area contributed by atoms with Crippen molar-refractivity contribution in [2.45, 2.75) is 13.2 Å². The summed E-state index contributed by atoms with van der Waals surface area (Å²) in [5, 5.41) is 0.936. The summed E-state index contributed by atoms with van der Waals surface area (Å²) in [6.45, 7) is 3.59. The topological polar surface area (TPSA) is 45.9 Å². The van der Waals surface area contributed by atoms with Gasteiger partial charge in [0.15, 0.2) is 5.76 Å². The quantitative estimate of drug-likeness (QED) is 0.500. The van der Waals surface area contributed by atoms with Crippen molar-refractivity contribution in [1.82, 2.24) is 9.80 Å². The molecule has 0 atom stereocenters. The number of piperazine rings is 1. The lowest BCUT2D eigenvalue weighted by molar-refractivity contribution is 0.0594. The molecule has 0 spiro atoms. The molecule has 1 amide bonds. The average molecular weight is 463 g/mol. The van der Waals surface area contributed by atoms with Crippen molar-refractivity contribution in [2.75, 3.05) is 26.2 Å². The largest absolute Gasteiger partial charge is 0.484 e. The first kappa shape index (κ1) is 21.7. The maximum Gasteiger partial charge on any atom is 0.289 e. The smallest absolute Gasteiger partial charge is 0.289 e. The number of rotatable bonds is 6. The van der Waals surface area contributed by atoms with Crippen LogP contribution in [0.5, 0.6) is 5.75 Å². The molecule has 1 aromatic heterocycles. The zero-order chi connectivity index (χ0) is 21.8. The molecule has 0 N–H and O–H groups in total. The van der Waals surface area contributed by atoms with Crippen LogP contribution in [0.15, 0.2) is 59.0 Å². The molecule has 0 unspecified atom stereocenters. The summed E-state index contributed by atoms with van der Waals surface area (Å²) in [4.78, 5) is 16.8. The van der Waals surface area contributed by atoms with Crippen molar-refractivity contribution in [3.05, 3.63) is 87.5 Å². The van der Waals surface area contributed by atoms with Crippen LogP contribution in [0.25, 0.3) is 0 Å². The number of benzene rings is 2. The third kappa shape index (κ3) is 5.39. The highest BCUT2D eigenvalue weighted by Gasteiger charge is 2.24. The van der Waals surface area contributed by atoms with E-state index in [-0.39, 0.29) is 23.3 Å². The average Bonchev–Trinajstić information content (AvgIpc) is 3.24. The Bertz CT molecular complexity index is 1060. The third-order valence-electron chi connectivity index (χ3n) is 5.15. The van der Waals surface area contributed by atoms with Crippen LogP contribution in [-0.2, 0) is 13.2 Å². The minimum absolute atomic E-state index is 0.0875. The van der Waals surface area contributed by atoms with Crippen LogP contribution in [0.2, 0.25) is 10.0 Å². The van der Waals surface area contributed by atoms with Crippen molar-refractivity contribution in [3.63, 3.8) is 0 Å². The summed E-state index contributed by atoms with van der Waals surface area (Å²) in [5.41, 5.74) is 1.08. The molecule has 1 aliphatic rings. The lowest BCUT2D eigenvalue weighted by Gasteiger charge is -2.34. The molecule has 31 heavy (non-hydrogen) atoms. The predicted octanol–water partition coefficient (Wildman–Crippen LogP) is 5.26. The molecule has 1 aliphatic heterocycles. The Balaban J connectivity index is 1.29. The van der Waals surface area contributed by atoms with Crippen LogP contribution >= 0.6 is 23.2 Å². The first-order valence-electron chi connectivity index (χ1n) is 9.91. The number of ether oxygens (including phenoxy) is 1. The monoisotopic (exact) mass is 462 g/mol. The molecule has 0 radical (unpaired) electrons. The minimum atomic E-state index is -0.435. The summed E-state index contributed by atoms with van der Waals surface area (Å²) in [6, 6.07) is 15.0. The Kier molecular flexibility index (Phi) is 6.80. The maximum absolute atomic E-state index is 13.1. The molecular weight excluding hydrogens is 442 g/mol. The molecule has 162 valence electrons. The highest BCUT2D eigenvalue weighted by molar-refractivity contribution is 6.32. The summed E-state index contributed by atoms with van der Waals surface area (Å²) >= 11 is 12.2. The number of furan rings is 1. The Morgan fingerprint density at radius 1 is 1.00 bits per heavy atom. The van der Waals surface area contributed by atoms with Crippen LogP contribution in [0.4, 0.5) is 4.39 Å². The van der Waals surface area contributed by atoms with Gasteiger partial charge in [0.2, 0.25) is 0 Å². The highest BCUT2D eigenvalue weighted by atomic mass is 35.5. The molecule has 1 saturated heterocycles. The molecule has 2 aromatic carbocycles. The summed E-state index contributed by atoms with van der Waals surface area (Å²) in [6.07, 6.45) is 0. The van der Waals surface area contributed by atoms with Crippen LogP contribution < -0.4 is 4.74 Å². The summed E-state index contributed by atoms with van der Waals surface area (Å²) in [7, 11) is 0. The zero-order valence-corrected chi connectivity index (χ0v) is 18.2. The van der Waals surface area contributed by atoms with Crippen LogP contribution in [0.1, 0.15) is 21.9 Å². The van der Waals surface area contributed by atoms with E-state index in [1.54, 1.807) is 17.0 Å². The molecule has 4 rings (SSSR count). The van der Waals surface area contributed by atoms with E-state index in [1.807, 2.05) is 24.3 Å². The molecule has 8 heteroatoms. The van der Waals surface area contributed by atoms with Crippen molar-refractivity contribution in [2.24, 2.45) is 0 Å². The summed E-state index contributed by atoms with van der Waals surface area (Å²) < 4.78 is 24.3. The number of carbonyl (C=O) groups excluding carboxylic acids is 1. The van der Waals surface area contributed by atoms with E-state index in [0.29, 0.717) is 24.6 Å². The van der Waals surface area contributed by atoms with Crippen molar-refractivity contribution in [1.29, 1.82) is 0 Å². The normalized spacial score (nSPS) is 14.6. The van der Waals surface area contributed by atoms with Gasteiger partial charge in [0.25, 0.3) is 5.91 Å². The SMILES string of the molecule is O=C(c1ccc(COc2ccc(F)cc2Cl)o1)N1CCN(Cc2ccccc2Cl)CC1. The summed E-state index contributed by atoms with van der Waals surface area (Å²) in [5.74, 6) is 0.519. The van der Waals surface area contributed by atoms with Crippen LogP contribution in [-0.4, -0.2) is 41.9 Å². The van der Waals surface area contributed by atoms with Crippen LogP contribution in [0, 0.1) is 5.82 Å². The van der Waals surface area contributed by atoms with Crippen LogP contribution in [0.3, 0.4) is 0 Å². The molecule has 1 fully saturated rings. The molecule has 0 saturated carbocycles. The fraction of sp³-hybridized carbons (Fsp3) is 0.261. The van der Waals surface area contributed by atoms with Gasteiger partial charge in [0, 0.05) is 37.7 Å². The number of nitrogens with zero attached hydrogens (tertiary/aromatic N) is 2. The second-order valence-corrected chi connectivity index (χ2v) is 8.10. The van der Waals surface area contributed by atoms with Crippen molar-refractivity contribution >= 4 is 29.1 Å². The van der Waals surface area contributed by atoms with Gasteiger partial charge in [0.05, 0.1) is 5.02 Å². The predicted molar refractivity (Wildman–Crippen MR) is 117 cm³/mol. The molecule has 0 bridgehead atoms. The van der Waals surface area contributed by atoms with Gasteiger partial charge in [-0.1, -0.05) is 41.4 Å². The van der Waals surface area contributed by atoms with E-state index in [4.69, 9.17) is 32.4 Å².